The Balaban J connectivity index is 1.91. The Morgan fingerprint density at radius 2 is 2.20 bits per heavy atom. The van der Waals surface area contributed by atoms with E-state index in [4.69, 9.17) is 10.00 Å². The van der Waals surface area contributed by atoms with Crippen molar-refractivity contribution in [2.75, 3.05) is 11.9 Å². The van der Waals surface area contributed by atoms with E-state index < -0.39 is 5.60 Å². The van der Waals surface area contributed by atoms with E-state index in [1.54, 1.807) is 0 Å². The van der Waals surface area contributed by atoms with E-state index in [0.29, 0.717) is 19.4 Å². The lowest BCUT2D eigenvalue weighted by Crippen LogP contribution is -2.48. The summed E-state index contributed by atoms with van der Waals surface area (Å²) in [4.78, 5) is 0. The van der Waals surface area contributed by atoms with Crippen LogP contribution in [0.3, 0.4) is 0 Å². The maximum Gasteiger partial charge on any atom is 0.122 e. The molecule has 0 spiro atoms. The van der Waals surface area contributed by atoms with Gasteiger partial charge in [0.15, 0.2) is 0 Å². The molecule has 1 aromatic carbocycles. The molecule has 0 atom stereocenters. The summed E-state index contributed by atoms with van der Waals surface area (Å²) >= 11 is 0. The van der Waals surface area contributed by atoms with Crippen LogP contribution in [0.2, 0.25) is 0 Å². The van der Waals surface area contributed by atoms with Crippen LogP contribution in [0.4, 0.5) is 5.69 Å². The van der Waals surface area contributed by atoms with Gasteiger partial charge in [0, 0.05) is 12.2 Å². The number of nitrogens with zero attached hydrogens (tertiary/aromatic N) is 1. The molecule has 2 rings (SSSR count). The van der Waals surface area contributed by atoms with Crippen LogP contribution in [-0.2, 0) is 0 Å². The fraction of sp³-hybridized carbons (Fsp3) is 0.562. The SMILES string of the molecule is Cc1cc(NCC2(O)CC(C#N)C2)ccc1OC(C)C. The predicted molar refractivity (Wildman–Crippen MR) is 78.7 cm³/mol. The van der Waals surface area contributed by atoms with Crippen molar-refractivity contribution < 1.29 is 9.84 Å². The summed E-state index contributed by atoms with van der Waals surface area (Å²) in [6.07, 6.45) is 1.28. The first-order chi connectivity index (χ1) is 9.42. The van der Waals surface area contributed by atoms with Gasteiger partial charge >= 0.3 is 0 Å². The van der Waals surface area contributed by atoms with Crippen molar-refractivity contribution in [1.29, 1.82) is 5.26 Å². The van der Waals surface area contributed by atoms with E-state index >= 15 is 0 Å². The Morgan fingerprint density at radius 3 is 2.75 bits per heavy atom. The average molecular weight is 274 g/mol. The Hall–Kier alpha value is -1.73. The molecule has 20 heavy (non-hydrogen) atoms. The van der Waals surface area contributed by atoms with E-state index in [2.05, 4.69) is 11.4 Å². The fourth-order valence-corrected chi connectivity index (χ4v) is 2.51. The van der Waals surface area contributed by atoms with Gasteiger partial charge in [0.1, 0.15) is 5.75 Å². The quantitative estimate of drug-likeness (QED) is 0.866. The number of rotatable bonds is 5. The number of nitriles is 1. The van der Waals surface area contributed by atoms with Crippen molar-refractivity contribution in [2.24, 2.45) is 5.92 Å². The number of aliphatic hydroxyl groups is 1. The normalized spacial score (nSPS) is 24.9. The molecule has 0 unspecified atom stereocenters. The van der Waals surface area contributed by atoms with Gasteiger partial charge in [-0.2, -0.15) is 5.26 Å². The molecule has 0 heterocycles. The maximum atomic E-state index is 10.2. The van der Waals surface area contributed by atoms with Crippen molar-refractivity contribution in [3.05, 3.63) is 23.8 Å². The number of ether oxygens (including phenoxy) is 1. The van der Waals surface area contributed by atoms with Crippen LogP contribution >= 0.6 is 0 Å². The van der Waals surface area contributed by atoms with Gasteiger partial charge in [-0.05, 0) is 57.4 Å². The summed E-state index contributed by atoms with van der Waals surface area (Å²) < 4.78 is 5.69. The summed E-state index contributed by atoms with van der Waals surface area (Å²) in [7, 11) is 0. The van der Waals surface area contributed by atoms with Gasteiger partial charge in [0.05, 0.1) is 23.7 Å². The monoisotopic (exact) mass is 274 g/mol. The number of nitrogens with one attached hydrogen (secondary N) is 1. The molecule has 1 fully saturated rings. The lowest BCUT2D eigenvalue weighted by Gasteiger charge is -2.40. The van der Waals surface area contributed by atoms with Crippen molar-refractivity contribution >= 4 is 5.69 Å². The minimum absolute atomic E-state index is 0.00496. The summed E-state index contributed by atoms with van der Waals surface area (Å²) in [6.45, 7) is 6.49. The van der Waals surface area contributed by atoms with E-state index in [9.17, 15) is 5.11 Å². The molecule has 108 valence electrons. The zero-order chi connectivity index (χ0) is 14.8. The van der Waals surface area contributed by atoms with Crippen LogP contribution in [0.25, 0.3) is 0 Å². The highest BCUT2D eigenvalue weighted by Gasteiger charge is 2.42. The molecular weight excluding hydrogens is 252 g/mol. The number of benzene rings is 1. The highest BCUT2D eigenvalue weighted by Crippen LogP contribution is 2.37. The summed E-state index contributed by atoms with van der Waals surface area (Å²) in [6, 6.07) is 8.10. The second-order valence-corrected chi connectivity index (χ2v) is 5.96. The minimum Gasteiger partial charge on any atom is -0.491 e. The summed E-state index contributed by atoms with van der Waals surface area (Å²) in [5.74, 6) is 0.891. The topological polar surface area (TPSA) is 65.3 Å². The third kappa shape index (κ3) is 3.43. The largest absolute Gasteiger partial charge is 0.491 e. The molecule has 4 nitrogen and oxygen atoms in total. The number of hydrogen-bond acceptors (Lipinski definition) is 4. The Labute approximate surface area is 120 Å². The van der Waals surface area contributed by atoms with Crippen LogP contribution in [0, 0.1) is 24.2 Å². The Morgan fingerprint density at radius 1 is 1.50 bits per heavy atom. The zero-order valence-electron chi connectivity index (χ0n) is 12.3. The molecule has 0 aromatic heterocycles. The number of anilines is 1. The molecule has 0 bridgehead atoms. The van der Waals surface area contributed by atoms with E-state index in [0.717, 1.165) is 17.0 Å². The van der Waals surface area contributed by atoms with Gasteiger partial charge in [-0.1, -0.05) is 0 Å². The van der Waals surface area contributed by atoms with Gasteiger partial charge in [-0.3, -0.25) is 0 Å². The van der Waals surface area contributed by atoms with Crippen LogP contribution in [-0.4, -0.2) is 23.4 Å². The van der Waals surface area contributed by atoms with Gasteiger partial charge in [0.25, 0.3) is 0 Å². The van der Waals surface area contributed by atoms with Gasteiger partial charge in [-0.25, -0.2) is 0 Å². The van der Waals surface area contributed by atoms with Crippen LogP contribution in [0.1, 0.15) is 32.3 Å². The minimum atomic E-state index is -0.735. The predicted octanol–water partition coefficient (Wildman–Crippen LogP) is 2.86. The fourth-order valence-electron chi connectivity index (χ4n) is 2.51. The molecule has 0 aliphatic heterocycles. The molecule has 1 aromatic rings. The van der Waals surface area contributed by atoms with Gasteiger partial charge < -0.3 is 15.2 Å². The maximum absolute atomic E-state index is 10.2. The summed E-state index contributed by atoms with van der Waals surface area (Å²) in [5, 5.41) is 22.2. The van der Waals surface area contributed by atoms with E-state index in [1.807, 2.05) is 39.0 Å². The van der Waals surface area contributed by atoms with Crippen LogP contribution in [0.15, 0.2) is 18.2 Å². The van der Waals surface area contributed by atoms with E-state index in [-0.39, 0.29) is 12.0 Å². The first kappa shape index (κ1) is 14.7. The Bertz CT molecular complexity index is 514. The zero-order valence-corrected chi connectivity index (χ0v) is 12.3. The number of hydrogen-bond donors (Lipinski definition) is 2. The highest BCUT2D eigenvalue weighted by atomic mass is 16.5. The summed E-state index contributed by atoms with van der Waals surface area (Å²) in [5.41, 5.74) is 1.30. The highest BCUT2D eigenvalue weighted by molar-refractivity contribution is 5.51. The van der Waals surface area contributed by atoms with Gasteiger partial charge in [-0.15, -0.1) is 0 Å². The standard InChI is InChI=1S/C16H22N2O2/c1-11(2)20-15-5-4-14(6-12(15)3)18-10-16(19)7-13(8-16)9-17/h4-6,11,13,18-19H,7-8,10H2,1-3H3. The molecule has 0 amide bonds. The third-order valence-corrected chi connectivity index (χ3v) is 3.59. The lowest BCUT2D eigenvalue weighted by molar-refractivity contribution is -0.0442. The molecule has 1 aliphatic rings. The van der Waals surface area contributed by atoms with Crippen molar-refractivity contribution in [3.8, 4) is 11.8 Å². The number of aryl methyl sites for hydroxylation is 1. The lowest BCUT2D eigenvalue weighted by atomic mass is 9.71. The smallest absolute Gasteiger partial charge is 0.122 e. The Kier molecular flexibility index (Phi) is 4.20. The van der Waals surface area contributed by atoms with Crippen LogP contribution in [0.5, 0.6) is 5.75 Å². The molecule has 4 heteroatoms. The molecule has 0 saturated heterocycles. The van der Waals surface area contributed by atoms with Crippen molar-refractivity contribution in [1.82, 2.24) is 0 Å². The molecule has 1 aliphatic carbocycles. The third-order valence-electron chi connectivity index (χ3n) is 3.59. The molecule has 2 N–H and O–H groups in total. The first-order valence-corrected chi connectivity index (χ1v) is 7.05. The second-order valence-electron chi connectivity index (χ2n) is 5.96. The molecule has 1 saturated carbocycles. The van der Waals surface area contributed by atoms with Crippen LogP contribution < -0.4 is 10.1 Å². The first-order valence-electron chi connectivity index (χ1n) is 7.05. The average Bonchev–Trinajstić information content (AvgIpc) is 2.35. The van der Waals surface area contributed by atoms with Gasteiger partial charge in [0.2, 0.25) is 0 Å². The second kappa shape index (κ2) is 5.72. The van der Waals surface area contributed by atoms with Crippen molar-refractivity contribution in [2.45, 2.75) is 45.3 Å². The van der Waals surface area contributed by atoms with E-state index in [1.165, 1.54) is 0 Å². The molecule has 0 radical (unpaired) electrons. The molecular formula is C16H22N2O2. The van der Waals surface area contributed by atoms with Crippen molar-refractivity contribution in [3.63, 3.8) is 0 Å².